The van der Waals surface area contributed by atoms with E-state index >= 15 is 0 Å². The summed E-state index contributed by atoms with van der Waals surface area (Å²) in [5, 5.41) is 0. The zero-order valence-electron chi connectivity index (χ0n) is 13.8. The van der Waals surface area contributed by atoms with E-state index in [0.29, 0.717) is 0 Å². The summed E-state index contributed by atoms with van der Waals surface area (Å²) in [6, 6.07) is 3.78. The van der Waals surface area contributed by atoms with Gasteiger partial charge in [-0.3, -0.25) is 4.79 Å². The van der Waals surface area contributed by atoms with Crippen molar-refractivity contribution in [3.05, 3.63) is 53.0 Å². The first-order valence-electron chi connectivity index (χ1n) is 7.33. The van der Waals surface area contributed by atoms with Crippen LogP contribution in [0.5, 0.6) is 0 Å². The van der Waals surface area contributed by atoms with Crippen LogP contribution in [0.15, 0.2) is 51.7 Å². The second kappa shape index (κ2) is 5.18. The molecule has 1 aliphatic carbocycles. The van der Waals surface area contributed by atoms with E-state index in [9.17, 15) is 4.79 Å². The van der Waals surface area contributed by atoms with Gasteiger partial charge in [-0.25, -0.2) is 0 Å². The monoisotopic (exact) mass is 284 g/mol. The molecule has 0 radical (unpaired) electrons. The van der Waals surface area contributed by atoms with Crippen LogP contribution >= 0.6 is 0 Å². The summed E-state index contributed by atoms with van der Waals surface area (Å²) < 4.78 is 5.38. The fraction of sp³-hybridized carbons (Fsp3) is 0.421. The van der Waals surface area contributed by atoms with Crippen molar-refractivity contribution in [2.45, 2.75) is 41.5 Å². The van der Waals surface area contributed by atoms with Crippen LogP contribution in [-0.4, -0.2) is 5.78 Å². The van der Waals surface area contributed by atoms with Crippen LogP contribution < -0.4 is 0 Å². The van der Waals surface area contributed by atoms with E-state index in [1.165, 1.54) is 0 Å². The first-order chi connectivity index (χ1) is 9.59. The Kier molecular flexibility index (Phi) is 3.83. The molecule has 0 spiro atoms. The molecule has 1 aromatic rings. The summed E-state index contributed by atoms with van der Waals surface area (Å²) in [5.41, 5.74) is 2.37. The van der Waals surface area contributed by atoms with E-state index in [0.717, 1.165) is 22.5 Å². The van der Waals surface area contributed by atoms with E-state index in [2.05, 4.69) is 41.5 Å². The van der Waals surface area contributed by atoms with Crippen molar-refractivity contribution in [1.29, 1.82) is 0 Å². The van der Waals surface area contributed by atoms with Gasteiger partial charge in [0.1, 0.15) is 5.76 Å². The maximum absolute atomic E-state index is 12.8. The highest BCUT2D eigenvalue weighted by atomic mass is 16.3. The first-order valence-corrected chi connectivity index (χ1v) is 7.33. The summed E-state index contributed by atoms with van der Waals surface area (Å²) in [7, 11) is 0. The van der Waals surface area contributed by atoms with Gasteiger partial charge >= 0.3 is 0 Å². The molecule has 0 N–H and O–H groups in total. The molecule has 2 heteroatoms. The third kappa shape index (κ3) is 3.44. The number of Topliss-reactive ketones (excluding diaryl/α,β-unsaturated/α-hetero) is 1. The lowest BCUT2D eigenvalue weighted by Crippen LogP contribution is -2.27. The number of rotatable bonds is 1. The van der Waals surface area contributed by atoms with E-state index in [1.54, 1.807) is 6.26 Å². The molecular formula is C19H24O2. The minimum atomic E-state index is -0.176. The molecule has 1 heterocycles. The largest absolute Gasteiger partial charge is 0.465 e. The van der Waals surface area contributed by atoms with Gasteiger partial charge in [-0.05, 0) is 46.8 Å². The standard InChI is InChI=1S/C19H24O2/c1-18(2,3)15-11-13(10-14-8-7-9-21-14)12-16(17(15)20)19(4,5)6/h7-12H,1-6H3. The van der Waals surface area contributed by atoms with Crippen molar-refractivity contribution < 1.29 is 9.21 Å². The summed E-state index contributed by atoms with van der Waals surface area (Å²) in [5.74, 6) is 0.958. The van der Waals surface area contributed by atoms with Gasteiger partial charge in [0, 0.05) is 11.1 Å². The molecule has 0 unspecified atom stereocenters. The molecule has 0 saturated heterocycles. The molecule has 2 rings (SSSR count). The number of carbonyl (C=O) groups is 1. The zero-order valence-corrected chi connectivity index (χ0v) is 13.8. The molecule has 0 atom stereocenters. The van der Waals surface area contributed by atoms with Gasteiger partial charge in [0.05, 0.1) is 6.26 Å². The highest BCUT2D eigenvalue weighted by Gasteiger charge is 2.33. The van der Waals surface area contributed by atoms with E-state index in [-0.39, 0.29) is 16.6 Å². The Morgan fingerprint density at radius 1 is 0.952 bits per heavy atom. The highest BCUT2D eigenvalue weighted by molar-refractivity contribution is 6.12. The second-order valence-corrected chi connectivity index (χ2v) is 7.60. The minimum absolute atomic E-state index is 0.159. The van der Waals surface area contributed by atoms with Crippen molar-refractivity contribution in [2.75, 3.05) is 0 Å². The molecule has 0 amide bonds. The van der Waals surface area contributed by atoms with Crippen molar-refractivity contribution in [3.63, 3.8) is 0 Å². The first kappa shape index (κ1) is 15.6. The fourth-order valence-corrected chi connectivity index (χ4v) is 2.39. The van der Waals surface area contributed by atoms with Crippen LogP contribution in [0.3, 0.4) is 0 Å². The second-order valence-electron chi connectivity index (χ2n) is 7.60. The average molecular weight is 284 g/mol. The van der Waals surface area contributed by atoms with Crippen LogP contribution in [-0.2, 0) is 4.79 Å². The van der Waals surface area contributed by atoms with Crippen molar-refractivity contribution >= 4 is 11.9 Å². The maximum atomic E-state index is 12.8. The van der Waals surface area contributed by atoms with Gasteiger partial charge in [-0.1, -0.05) is 41.5 Å². The van der Waals surface area contributed by atoms with Gasteiger partial charge < -0.3 is 4.42 Å². The number of hydrogen-bond donors (Lipinski definition) is 0. The van der Waals surface area contributed by atoms with Gasteiger partial charge in [0.2, 0.25) is 0 Å². The lowest BCUT2D eigenvalue weighted by atomic mass is 9.72. The van der Waals surface area contributed by atoms with E-state index in [4.69, 9.17) is 4.42 Å². The van der Waals surface area contributed by atoms with E-state index < -0.39 is 0 Å². The summed E-state index contributed by atoms with van der Waals surface area (Å²) in [4.78, 5) is 12.8. The minimum Gasteiger partial charge on any atom is -0.465 e. The van der Waals surface area contributed by atoms with Crippen molar-refractivity contribution in [3.8, 4) is 0 Å². The number of furan rings is 1. The molecule has 0 fully saturated rings. The van der Waals surface area contributed by atoms with Gasteiger partial charge in [0.15, 0.2) is 5.78 Å². The fourth-order valence-electron chi connectivity index (χ4n) is 2.39. The Bertz CT molecular complexity index is 588. The number of carbonyl (C=O) groups excluding carboxylic acids is 1. The number of ketones is 1. The van der Waals surface area contributed by atoms with Crippen molar-refractivity contribution in [2.24, 2.45) is 10.8 Å². The lowest BCUT2D eigenvalue weighted by Gasteiger charge is -2.31. The topological polar surface area (TPSA) is 30.2 Å². The lowest BCUT2D eigenvalue weighted by molar-refractivity contribution is -0.114. The Morgan fingerprint density at radius 3 is 1.86 bits per heavy atom. The number of hydrogen-bond acceptors (Lipinski definition) is 2. The smallest absolute Gasteiger partial charge is 0.186 e. The van der Waals surface area contributed by atoms with Crippen LogP contribution in [0, 0.1) is 10.8 Å². The van der Waals surface area contributed by atoms with Gasteiger partial charge in [0.25, 0.3) is 0 Å². The Balaban J connectivity index is 2.55. The molecule has 112 valence electrons. The number of allylic oxidation sites excluding steroid dienone is 5. The zero-order chi connectivity index (χ0) is 15.8. The highest BCUT2D eigenvalue weighted by Crippen LogP contribution is 2.39. The molecule has 2 nitrogen and oxygen atoms in total. The van der Waals surface area contributed by atoms with Gasteiger partial charge in [-0.2, -0.15) is 0 Å². The molecular weight excluding hydrogens is 260 g/mol. The molecule has 1 aliphatic rings. The predicted molar refractivity (Wildman–Crippen MR) is 86.8 cm³/mol. The summed E-state index contributed by atoms with van der Waals surface area (Å²) in [6.07, 6.45) is 7.60. The Hall–Kier alpha value is -1.83. The maximum Gasteiger partial charge on any atom is 0.186 e. The van der Waals surface area contributed by atoms with Crippen LogP contribution in [0.1, 0.15) is 47.3 Å². The van der Waals surface area contributed by atoms with Crippen molar-refractivity contribution in [1.82, 2.24) is 0 Å². The molecule has 0 aromatic carbocycles. The van der Waals surface area contributed by atoms with E-state index in [1.807, 2.05) is 30.4 Å². The quantitative estimate of drug-likeness (QED) is 0.710. The predicted octanol–water partition coefficient (Wildman–Crippen LogP) is 5.19. The van der Waals surface area contributed by atoms with Crippen LogP contribution in [0.25, 0.3) is 6.08 Å². The summed E-state index contributed by atoms with van der Waals surface area (Å²) >= 11 is 0. The SMILES string of the molecule is CC(C)(C)C1=CC(=Cc2ccco2)C=C(C(C)(C)C)C1=O. The Labute approximate surface area is 127 Å². The molecule has 0 saturated carbocycles. The normalized spacial score (nSPS) is 16.7. The molecule has 0 aliphatic heterocycles. The Morgan fingerprint density at radius 2 is 1.48 bits per heavy atom. The summed E-state index contributed by atoms with van der Waals surface area (Å²) in [6.45, 7) is 12.5. The van der Waals surface area contributed by atoms with Gasteiger partial charge in [-0.15, -0.1) is 0 Å². The molecule has 21 heavy (non-hydrogen) atoms. The third-order valence-electron chi connectivity index (χ3n) is 3.58. The van der Waals surface area contributed by atoms with Crippen LogP contribution in [0.4, 0.5) is 0 Å². The molecule has 1 aromatic heterocycles. The van der Waals surface area contributed by atoms with Crippen LogP contribution in [0.2, 0.25) is 0 Å². The average Bonchev–Trinajstić information content (AvgIpc) is 2.81. The third-order valence-corrected chi connectivity index (χ3v) is 3.58. The molecule has 0 bridgehead atoms.